The summed E-state index contributed by atoms with van der Waals surface area (Å²) >= 11 is 0. The topological polar surface area (TPSA) is 57.7 Å². The Morgan fingerprint density at radius 1 is 1.53 bits per heavy atom. The Bertz CT molecular complexity index is 475. The van der Waals surface area contributed by atoms with Crippen molar-refractivity contribution in [3.8, 4) is 0 Å². The Morgan fingerprint density at radius 3 is 3.07 bits per heavy atom. The lowest BCUT2D eigenvalue weighted by Crippen LogP contribution is -2.28. The average Bonchev–Trinajstić information content (AvgIpc) is 2.73. The van der Waals surface area contributed by atoms with Crippen molar-refractivity contribution >= 4 is 17.1 Å². The number of rotatable bonds is 3. The molecule has 0 aliphatic rings. The number of aromatic nitrogens is 4. The molecule has 5 heteroatoms. The summed E-state index contributed by atoms with van der Waals surface area (Å²) in [6.45, 7) is 5.77. The van der Waals surface area contributed by atoms with E-state index in [4.69, 9.17) is 0 Å². The molecule has 1 N–H and O–H groups in total. The van der Waals surface area contributed by atoms with Gasteiger partial charge in [-0.15, -0.1) is 6.58 Å². The normalized spacial score (nSPS) is 12.7. The number of anilines is 1. The van der Waals surface area contributed by atoms with Crippen LogP contribution in [0.4, 0.5) is 5.95 Å². The van der Waals surface area contributed by atoms with Crippen molar-refractivity contribution in [2.45, 2.75) is 13.0 Å². The highest BCUT2D eigenvalue weighted by Crippen LogP contribution is 2.12. The molecule has 0 aromatic carbocycles. The first kappa shape index (κ1) is 9.64. The molecule has 0 spiro atoms. The first-order chi connectivity index (χ1) is 7.22. The lowest BCUT2D eigenvalue weighted by atomic mass is 10.3. The van der Waals surface area contributed by atoms with Crippen LogP contribution in [-0.2, 0) is 0 Å². The summed E-state index contributed by atoms with van der Waals surface area (Å²) in [5.74, 6) is 0.655. The van der Waals surface area contributed by atoms with Crippen LogP contribution in [-0.4, -0.2) is 33.0 Å². The average molecular weight is 203 g/mol. The Kier molecular flexibility index (Phi) is 2.37. The van der Waals surface area contributed by atoms with E-state index in [1.54, 1.807) is 12.5 Å². The van der Waals surface area contributed by atoms with Gasteiger partial charge in [0.2, 0.25) is 5.95 Å². The second-order valence-electron chi connectivity index (χ2n) is 3.40. The van der Waals surface area contributed by atoms with Crippen molar-refractivity contribution in [3.63, 3.8) is 0 Å². The van der Waals surface area contributed by atoms with Gasteiger partial charge < -0.3 is 9.88 Å². The van der Waals surface area contributed by atoms with Gasteiger partial charge in [0.25, 0.3) is 0 Å². The van der Waals surface area contributed by atoms with Crippen LogP contribution in [0.15, 0.2) is 25.2 Å². The van der Waals surface area contributed by atoms with E-state index < -0.39 is 0 Å². The van der Waals surface area contributed by atoms with Gasteiger partial charge in [0.1, 0.15) is 5.52 Å². The van der Waals surface area contributed by atoms with Gasteiger partial charge in [-0.25, -0.2) is 9.97 Å². The molecule has 0 saturated carbocycles. The zero-order valence-electron chi connectivity index (χ0n) is 8.81. The van der Waals surface area contributed by atoms with Crippen LogP contribution < -0.4 is 4.90 Å². The fourth-order valence-electron chi connectivity index (χ4n) is 1.24. The first-order valence-corrected chi connectivity index (χ1v) is 4.74. The lowest BCUT2D eigenvalue weighted by molar-refractivity contribution is 0.792. The fraction of sp³-hybridized carbons (Fsp3) is 0.300. The van der Waals surface area contributed by atoms with Crippen molar-refractivity contribution < 1.29 is 0 Å². The van der Waals surface area contributed by atoms with Gasteiger partial charge in [-0.05, 0) is 6.92 Å². The van der Waals surface area contributed by atoms with Crippen LogP contribution >= 0.6 is 0 Å². The van der Waals surface area contributed by atoms with Gasteiger partial charge in [-0.2, -0.15) is 4.98 Å². The summed E-state index contributed by atoms with van der Waals surface area (Å²) in [5, 5.41) is 0. The summed E-state index contributed by atoms with van der Waals surface area (Å²) in [6, 6.07) is 0.196. The Morgan fingerprint density at radius 2 is 2.33 bits per heavy atom. The molecule has 1 atom stereocenters. The van der Waals surface area contributed by atoms with Crippen LogP contribution in [0.5, 0.6) is 0 Å². The quantitative estimate of drug-likeness (QED) is 0.765. The van der Waals surface area contributed by atoms with Gasteiger partial charge in [0.15, 0.2) is 5.65 Å². The van der Waals surface area contributed by atoms with Crippen LogP contribution in [0, 0.1) is 0 Å². The molecule has 1 unspecified atom stereocenters. The van der Waals surface area contributed by atoms with Crippen molar-refractivity contribution in [1.29, 1.82) is 0 Å². The highest BCUT2D eigenvalue weighted by molar-refractivity contribution is 5.69. The van der Waals surface area contributed by atoms with Gasteiger partial charge >= 0.3 is 0 Å². The summed E-state index contributed by atoms with van der Waals surface area (Å²) in [6.07, 6.45) is 5.19. The molecular weight excluding hydrogens is 190 g/mol. The number of hydrogen-bond donors (Lipinski definition) is 1. The maximum atomic E-state index is 4.33. The molecule has 78 valence electrons. The maximum absolute atomic E-state index is 4.33. The monoisotopic (exact) mass is 203 g/mol. The third-order valence-corrected chi connectivity index (χ3v) is 2.43. The number of likely N-dealkylation sites (N-methyl/N-ethyl adjacent to an activating group) is 1. The van der Waals surface area contributed by atoms with Crippen molar-refractivity contribution in [2.24, 2.45) is 0 Å². The van der Waals surface area contributed by atoms with E-state index >= 15 is 0 Å². The number of fused-ring (bicyclic) bond motifs is 1. The standard InChI is InChI=1S/C10H13N5/c1-4-7(2)15(3)10-11-5-8-9(14-10)13-6-12-8/h4-7H,1H2,2-3H3,(H,11,12,13,14). The predicted octanol–water partition coefficient (Wildman–Crippen LogP) is 1.36. The third kappa shape index (κ3) is 1.68. The van der Waals surface area contributed by atoms with Crippen LogP contribution in [0.3, 0.4) is 0 Å². The second-order valence-corrected chi connectivity index (χ2v) is 3.40. The third-order valence-electron chi connectivity index (χ3n) is 2.43. The fourth-order valence-corrected chi connectivity index (χ4v) is 1.24. The molecule has 0 bridgehead atoms. The van der Waals surface area contributed by atoms with Crippen LogP contribution in [0.1, 0.15) is 6.92 Å². The minimum atomic E-state index is 0.196. The van der Waals surface area contributed by atoms with E-state index in [1.165, 1.54) is 0 Å². The highest BCUT2D eigenvalue weighted by atomic mass is 15.3. The molecule has 2 heterocycles. The van der Waals surface area contributed by atoms with E-state index in [0.717, 1.165) is 5.52 Å². The summed E-state index contributed by atoms with van der Waals surface area (Å²) < 4.78 is 0. The molecule has 0 aliphatic heterocycles. The Hall–Kier alpha value is -1.91. The molecule has 2 aromatic rings. The Balaban J connectivity index is 2.38. The summed E-state index contributed by atoms with van der Waals surface area (Å²) in [7, 11) is 1.93. The molecule has 0 fully saturated rings. The largest absolute Gasteiger partial charge is 0.342 e. The number of hydrogen-bond acceptors (Lipinski definition) is 4. The maximum Gasteiger partial charge on any atom is 0.227 e. The van der Waals surface area contributed by atoms with E-state index in [-0.39, 0.29) is 6.04 Å². The molecule has 2 rings (SSSR count). The van der Waals surface area contributed by atoms with Gasteiger partial charge in [0.05, 0.1) is 12.5 Å². The number of imidazole rings is 1. The van der Waals surface area contributed by atoms with E-state index in [1.807, 2.05) is 24.9 Å². The molecule has 0 radical (unpaired) electrons. The smallest absolute Gasteiger partial charge is 0.227 e. The number of nitrogens with one attached hydrogen (secondary N) is 1. The van der Waals surface area contributed by atoms with Crippen LogP contribution in [0.2, 0.25) is 0 Å². The zero-order valence-corrected chi connectivity index (χ0v) is 8.81. The highest BCUT2D eigenvalue weighted by Gasteiger charge is 2.10. The molecule has 0 amide bonds. The molecule has 15 heavy (non-hydrogen) atoms. The van der Waals surface area contributed by atoms with E-state index in [0.29, 0.717) is 11.6 Å². The van der Waals surface area contributed by atoms with Crippen LogP contribution in [0.25, 0.3) is 11.2 Å². The predicted molar refractivity (Wildman–Crippen MR) is 59.7 cm³/mol. The SMILES string of the molecule is C=CC(C)N(C)c1ncc2[nH]cnc2n1. The van der Waals surface area contributed by atoms with Crippen molar-refractivity contribution in [2.75, 3.05) is 11.9 Å². The summed E-state index contributed by atoms with van der Waals surface area (Å²) in [5.41, 5.74) is 1.53. The minimum absolute atomic E-state index is 0.196. The Labute approximate surface area is 87.9 Å². The van der Waals surface area contributed by atoms with Crippen molar-refractivity contribution in [3.05, 3.63) is 25.2 Å². The van der Waals surface area contributed by atoms with Crippen molar-refractivity contribution in [1.82, 2.24) is 19.9 Å². The molecule has 5 nitrogen and oxygen atoms in total. The number of aromatic amines is 1. The van der Waals surface area contributed by atoms with Gasteiger partial charge in [-0.3, -0.25) is 0 Å². The minimum Gasteiger partial charge on any atom is -0.342 e. The number of nitrogens with zero attached hydrogens (tertiary/aromatic N) is 4. The summed E-state index contributed by atoms with van der Waals surface area (Å²) in [4.78, 5) is 17.6. The van der Waals surface area contributed by atoms with Gasteiger partial charge in [0, 0.05) is 13.1 Å². The number of H-pyrrole nitrogens is 1. The molecule has 0 saturated heterocycles. The zero-order chi connectivity index (χ0) is 10.8. The molecule has 2 aromatic heterocycles. The van der Waals surface area contributed by atoms with Gasteiger partial charge in [-0.1, -0.05) is 6.08 Å². The second kappa shape index (κ2) is 3.68. The molecular formula is C10H13N5. The first-order valence-electron chi connectivity index (χ1n) is 4.74. The lowest BCUT2D eigenvalue weighted by Gasteiger charge is -2.21. The molecule has 0 aliphatic carbocycles. The van der Waals surface area contributed by atoms with E-state index in [9.17, 15) is 0 Å². The van der Waals surface area contributed by atoms with E-state index in [2.05, 4.69) is 26.5 Å².